The predicted octanol–water partition coefficient (Wildman–Crippen LogP) is 3.03. The molecule has 0 saturated heterocycles. The second-order valence-electron chi connectivity index (χ2n) is 4.64. The molecule has 2 rings (SSSR count). The minimum Gasteiger partial charge on any atom is -0.307 e. The summed E-state index contributed by atoms with van der Waals surface area (Å²) in [6.45, 7) is 5.88. The van der Waals surface area contributed by atoms with Gasteiger partial charge in [-0.25, -0.2) is 8.78 Å². The van der Waals surface area contributed by atoms with E-state index in [0.29, 0.717) is 18.7 Å². The summed E-state index contributed by atoms with van der Waals surface area (Å²) in [6.07, 6.45) is 0.895. The highest BCUT2D eigenvalue weighted by Crippen LogP contribution is 2.10. The maximum absolute atomic E-state index is 13.5. The molecule has 20 heavy (non-hydrogen) atoms. The number of aromatic nitrogens is 2. The van der Waals surface area contributed by atoms with Gasteiger partial charge in [-0.3, -0.25) is 4.68 Å². The largest absolute Gasteiger partial charge is 0.307 e. The van der Waals surface area contributed by atoms with Gasteiger partial charge < -0.3 is 5.32 Å². The Kier molecular flexibility index (Phi) is 4.84. The van der Waals surface area contributed by atoms with Crippen molar-refractivity contribution >= 4 is 0 Å². The highest BCUT2D eigenvalue weighted by Gasteiger charge is 2.07. The molecule has 0 fully saturated rings. The van der Waals surface area contributed by atoms with Crippen LogP contribution in [-0.2, 0) is 26.1 Å². The Hall–Kier alpha value is -1.75. The van der Waals surface area contributed by atoms with E-state index in [-0.39, 0.29) is 0 Å². The first-order valence-electron chi connectivity index (χ1n) is 6.84. The van der Waals surface area contributed by atoms with Gasteiger partial charge in [-0.1, -0.05) is 13.0 Å². The fraction of sp³-hybridized carbons (Fsp3) is 0.400. The maximum Gasteiger partial charge on any atom is 0.130 e. The van der Waals surface area contributed by atoms with E-state index in [0.717, 1.165) is 30.4 Å². The number of rotatable bonds is 6. The lowest BCUT2D eigenvalue weighted by molar-refractivity contribution is 0.547. The summed E-state index contributed by atoms with van der Waals surface area (Å²) in [7, 11) is 0. The van der Waals surface area contributed by atoms with Gasteiger partial charge in [-0.05, 0) is 25.5 Å². The van der Waals surface area contributed by atoms with Gasteiger partial charge in [0.15, 0.2) is 0 Å². The lowest BCUT2D eigenvalue weighted by atomic mass is 10.2. The summed E-state index contributed by atoms with van der Waals surface area (Å²) in [5.74, 6) is -1.07. The van der Waals surface area contributed by atoms with Crippen molar-refractivity contribution in [3.05, 3.63) is 52.9 Å². The summed E-state index contributed by atoms with van der Waals surface area (Å²) >= 11 is 0. The molecule has 0 bridgehead atoms. The second-order valence-corrected chi connectivity index (χ2v) is 4.64. The molecule has 3 nitrogen and oxygen atoms in total. The highest BCUT2D eigenvalue weighted by atomic mass is 19.1. The molecule has 0 spiro atoms. The van der Waals surface area contributed by atoms with Crippen molar-refractivity contribution in [3.8, 4) is 0 Å². The van der Waals surface area contributed by atoms with Crippen LogP contribution in [0, 0.1) is 11.6 Å². The number of hydrogen-bond acceptors (Lipinski definition) is 2. The van der Waals surface area contributed by atoms with E-state index in [1.807, 2.05) is 11.6 Å². The van der Waals surface area contributed by atoms with Gasteiger partial charge >= 0.3 is 0 Å². The van der Waals surface area contributed by atoms with Crippen LogP contribution in [0.2, 0.25) is 0 Å². The van der Waals surface area contributed by atoms with Crippen LogP contribution in [0.15, 0.2) is 24.3 Å². The lowest BCUT2D eigenvalue weighted by Gasteiger charge is -2.07. The van der Waals surface area contributed by atoms with Gasteiger partial charge in [0.25, 0.3) is 0 Å². The zero-order chi connectivity index (χ0) is 14.5. The topological polar surface area (TPSA) is 29.9 Å². The predicted molar refractivity (Wildman–Crippen MR) is 74.2 cm³/mol. The van der Waals surface area contributed by atoms with E-state index in [9.17, 15) is 8.78 Å². The van der Waals surface area contributed by atoms with Crippen molar-refractivity contribution < 1.29 is 8.78 Å². The number of nitrogens with one attached hydrogen (secondary N) is 1. The Morgan fingerprint density at radius 3 is 2.60 bits per heavy atom. The van der Waals surface area contributed by atoms with Gasteiger partial charge in [-0.15, -0.1) is 0 Å². The van der Waals surface area contributed by atoms with Crippen LogP contribution in [0.25, 0.3) is 0 Å². The first kappa shape index (κ1) is 14.7. The molecule has 0 aliphatic rings. The molecule has 2 aromatic rings. The summed E-state index contributed by atoms with van der Waals surface area (Å²) in [6, 6.07) is 5.69. The van der Waals surface area contributed by atoms with Crippen LogP contribution in [-0.4, -0.2) is 9.78 Å². The molecule has 1 N–H and O–H groups in total. The molecule has 0 atom stereocenters. The summed E-state index contributed by atoms with van der Waals surface area (Å²) in [5, 5.41) is 7.62. The van der Waals surface area contributed by atoms with Gasteiger partial charge in [0.1, 0.15) is 11.6 Å². The number of halogens is 2. The van der Waals surface area contributed by atoms with Gasteiger partial charge in [0.2, 0.25) is 0 Å². The third-order valence-electron chi connectivity index (χ3n) is 3.21. The van der Waals surface area contributed by atoms with Crippen molar-refractivity contribution in [1.29, 1.82) is 0 Å². The van der Waals surface area contributed by atoms with E-state index in [1.165, 1.54) is 12.1 Å². The van der Waals surface area contributed by atoms with E-state index in [2.05, 4.69) is 23.4 Å². The van der Waals surface area contributed by atoms with Crippen molar-refractivity contribution in [2.45, 2.75) is 39.9 Å². The van der Waals surface area contributed by atoms with Crippen molar-refractivity contribution in [2.24, 2.45) is 0 Å². The molecule has 1 heterocycles. The molecule has 5 heteroatoms. The minimum absolute atomic E-state index is 0.364. The number of hydrogen-bond donors (Lipinski definition) is 1. The quantitative estimate of drug-likeness (QED) is 0.881. The summed E-state index contributed by atoms with van der Waals surface area (Å²) in [4.78, 5) is 0. The van der Waals surface area contributed by atoms with Crippen molar-refractivity contribution in [2.75, 3.05) is 0 Å². The Bertz CT molecular complexity index is 578. The molecule has 0 unspecified atom stereocenters. The van der Waals surface area contributed by atoms with Crippen molar-refractivity contribution in [1.82, 2.24) is 15.1 Å². The summed E-state index contributed by atoms with van der Waals surface area (Å²) in [5.41, 5.74) is 2.59. The SMILES string of the molecule is CCc1cc(CNCc2ccc(F)cc2F)n(CC)n1. The Morgan fingerprint density at radius 1 is 1.15 bits per heavy atom. The second kappa shape index (κ2) is 6.61. The zero-order valence-electron chi connectivity index (χ0n) is 11.8. The Balaban J connectivity index is 1.97. The average molecular weight is 279 g/mol. The van der Waals surface area contributed by atoms with Crippen LogP contribution in [0.4, 0.5) is 8.78 Å². The lowest BCUT2D eigenvalue weighted by Crippen LogP contribution is -2.16. The smallest absolute Gasteiger partial charge is 0.130 e. The Morgan fingerprint density at radius 2 is 1.95 bits per heavy atom. The van der Waals surface area contributed by atoms with Gasteiger partial charge in [0, 0.05) is 31.3 Å². The number of nitrogens with zero attached hydrogens (tertiary/aromatic N) is 2. The Labute approximate surface area is 117 Å². The molecule has 0 aliphatic heterocycles. The molecule has 0 saturated carbocycles. The normalized spacial score (nSPS) is 11.0. The van der Waals surface area contributed by atoms with Gasteiger partial charge in [0.05, 0.1) is 11.4 Å². The van der Waals surface area contributed by atoms with Crippen LogP contribution < -0.4 is 5.32 Å². The zero-order valence-corrected chi connectivity index (χ0v) is 11.8. The van der Waals surface area contributed by atoms with E-state index < -0.39 is 11.6 Å². The fourth-order valence-electron chi connectivity index (χ4n) is 2.09. The highest BCUT2D eigenvalue weighted by molar-refractivity contribution is 5.18. The molecule has 1 aromatic heterocycles. The summed E-state index contributed by atoms with van der Waals surface area (Å²) < 4.78 is 28.2. The minimum atomic E-state index is -0.553. The first-order valence-corrected chi connectivity index (χ1v) is 6.84. The molecular weight excluding hydrogens is 260 g/mol. The third-order valence-corrected chi connectivity index (χ3v) is 3.21. The van der Waals surface area contributed by atoms with Crippen LogP contribution in [0.1, 0.15) is 30.8 Å². The molecule has 108 valence electrons. The van der Waals surface area contributed by atoms with Crippen LogP contribution in [0.3, 0.4) is 0 Å². The number of aryl methyl sites for hydroxylation is 2. The van der Waals surface area contributed by atoms with E-state index >= 15 is 0 Å². The third kappa shape index (κ3) is 3.42. The molecular formula is C15H19F2N3. The van der Waals surface area contributed by atoms with Gasteiger partial charge in [-0.2, -0.15) is 5.10 Å². The maximum atomic E-state index is 13.5. The first-order chi connectivity index (χ1) is 9.63. The molecule has 0 radical (unpaired) electrons. The molecule has 1 aromatic carbocycles. The number of benzene rings is 1. The van der Waals surface area contributed by atoms with E-state index in [4.69, 9.17) is 0 Å². The average Bonchev–Trinajstić information content (AvgIpc) is 2.84. The molecule has 0 aliphatic carbocycles. The van der Waals surface area contributed by atoms with Crippen LogP contribution in [0.5, 0.6) is 0 Å². The molecule has 0 amide bonds. The van der Waals surface area contributed by atoms with Crippen LogP contribution >= 0.6 is 0 Å². The van der Waals surface area contributed by atoms with Crippen molar-refractivity contribution in [3.63, 3.8) is 0 Å². The standard InChI is InChI=1S/C15H19F2N3/c1-3-13-8-14(20(4-2)19-13)10-18-9-11-5-6-12(16)7-15(11)17/h5-8,18H,3-4,9-10H2,1-2H3. The van der Waals surface area contributed by atoms with E-state index in [1.54, 1.807) is 0 Å². The fourth-order valence-corrected chi connectivity index (χ4v) is 2.09. The monoisotopic (exact) mass is 279 g/mol.